The van der Waals surface area contributed by atoms with Gasteiger partial charge in [-0.25, -0.2) is 13.1 Å². The second-order valence-corrected chi connectivity index (χ2v) is 6.76. The molecule has 0 spiro atoms. The van der Waals surface area contributed by atoms with E-state index in [0.717, 1.165) is 11.3 Å². The number of amides is 1. The number of aromatic nitrogens is 2. The van der Waals surface area contributed by atoms with Crippen LogP contribution in [0.25, 0.3) is 0 Å². The molecule has 2 rings (SSSR count). The molecular weight excluding hydrogens is 304 g/mol. The number of hydrogen-bond donors (Lipinski definition) is 2. The lowest BCUT2D eigenvalue weighted by molar-refractivity contribution is 0.0942. The predicted octanol–water partition coefficient (Wildman–Crippen LogP) is 0.567. The summed E-state index contributed by atoms with van der Waals surface area (Å²) in [6.07, 6.45) is 3.09. The van der Waals surface area contributed by atoms with Crippen LogP contribution in [-0.4, -0.2) is 30.9 Å². The highest BCUT2D eigenvalue weighted by molar-refractivity contribution is 7.89. The Hall–Kier alpha value is -2.19. The molecule has 0 saturated heterocycles. The van der Waals surface area contributed by atoms with Crippen LogP contribution in [0.2, 0.25) is 0 Å². The summed E-state index contributed by atoms with van der Waals surface area (Å²) in [4.78, 5) is 16.4. The summed E-state index contributed by atoms with van der Waals surface area (Å²) in [5, 5.41) is 2.74. The van der Waals surface area contributed by atoms with Crippen molar-refractivity contribution in [2.75, 3.05) is 7.05 Å². The van der Waals surface area contributed by atoms with E-state index in [4.69, 9.17) is 0 Å². The number of nitrogens with zero attached hydrogens (tertiary/aromatic N) is 2. The first kappa shape index (κ1) is 16.2. The lowest BCUT2D eigenvalue weighted by atomic mass is 10.2. The number of nitrogens with one attached hydrogen (secondary N) is 2. The monoisotopic (exact) mass is 322 g/mol. The zero-order valence-electron chi connectivity index (χ0n) is 12.6. The second-order valence-electron chi connectivity index (χ2n) is 4.87. The van der Waals surface area contributed by atoms with Gasteiger partial charge >= 0.3 is 0 Å². The maximum atomic E-state index is 12.2. The van der Waals surface area contributed by atoms with E-state index in [0.29, 0.717) is 6.54 Å². The Morgan fingerprint density at radius 3 is 2.68 bits per heavy atom. The molecule has 2 heterocycles. The van der Waals surface area contributed by atoms with E-state index in [1.165, 1.54) is 23.9 Å². The molecule has 0 aliphatic carbocycles. The first-order valence-corrected chi connectivity index (χ1v) is 8.11. The van der Waals surface area contributed by atoms with Gasteiger partial charge in [0.1, 0.15) is 10.6 Å². The Kier molecular flexibility index (Phi) is 4.62. The standard InChI is InChI=1S/C14H18N4O3S/c1-10-4-5-11(7-16-10)8-17-14(19)13-6-12(9-18(13)3)22(20,21)15-2/h4-7,9,15H,8H2,1-3H3,(H,17,19). The van der Waals surface area contributed by atoms with Gasteiger partial charge in [0.2, 0.25) is 10.0 Å². The lowest BCUT2D eigenvalue weighted by Gasteiger charge is -2.06. The fraction of sp³-hybridized carbons (Fsp3) is 0.286. The van der Waals surface area contributed by atoms with E-state index in [-0.39, 0.29) is 16.5 Å². The minimum absolute atomic E-state index is 0.0552. The Labute approximate surface area is 129 Å². The van der Waals surface area contributed by atoms with Gasteiger partial charge in [-0.2, -0.15) is 0 Å². The number of sulfonamides is 1. The van der Waals surface area contributed by atoms with Gasteiger partial charge < -0.3 is 9.88 Å². The number of pyridine rings is 1. The summed E-state index contributed by atoms with van der Waals surface area (Å²) in [5.41, 5.74) is 2.05. The molecule has 22 heavy (non-hydrogen) atoms. The molecule has 2 N–H and O–H groups in total. The summed E-state index contributed by atoms with van der Waals surface area (Å²) >= 11 is 0. The van der Waals surface area contributed by atoms with Crippen molar-refractivity contribution >= 4 is 15.9 Å². The molecule has 0 aliphatic heterocycles. The van der Waals surface area contributed by atoms with Crippen LogP contribution in [0.4, 0.5) is 0 Å². The van der Waals surface area contributed by atoms with Crippen molar-refractivity contribution in [3.8, 4) is 0 Å². The maximum Gasteiger partial charge on any atom is 0.268 e. The van der Waals surface area contributed by atoms with E-state index < -0.39 is 10.0 Å². The third-order valence-corrected chi connectivity index (χ3v) is 4.60. The minimum Gasteiger partial charge on any atom is -0.347 e. The highest BCUT2D eigenvalue weighted by Crippen LogP contribution is 2.13. The highest BCUT2D eigenvalue weighted by Gasteiger charge is 2.18. The van der Waals surface area contributed by atoms with Crippen LogP contribution in [0, 0.1) is 6.92 Å². The molecule has 0 fully saturated rings. The second kappa shape index (κ2) is 6.29. The zero-order chi connectivity index (χ0) is 16.3. The van der Waals surface area contributed by atoms with Crippen LogP contribution >= 0.6 is 0 Å². The largest absolute Gasteiger partial charge is 0.347 e. The van der Waals surface area contributed by atoms with Gasteiger partial charge in [0.25, 0.3) is 5.91 Å². The number of carbonyl (C=O) groups excluding carboxylic acids is 1. The summed E-state index contributed by atoms with van der Waals surface area (Å²) in [7, 11) is -0.618. The third-order valence-electron chi connectivity index (χ3n) is 3.22. The van der Waals surface area contributed by atoms with E-state index >= 15 is 0 Å². The summed E-state index contributed by atoms with van der Waals surface area (Å²) in [6.45, 7) is 2.21. The van der Waals surface area contributed by atoms with Crippen molar-refractivity contribution in [2.24, 2.45) is 7.05 Å². The number of rotatable bonds is 5. The number of aryl methyl sites for hydroxylation is 2. The summed E-state index contributed by atoms with van der Waals surface area (Å²) in [5.74, 6) is -0.347. The Bertz CT molecular complexity index is 779. The van der Waals surface area contributed by atoms with E-state index in [1.54, 1.807) is 13.2 Å². The normalized spacial score (nSPS) is 11.4. The summed E-state index contributed by atoms with van der Waals surface area (Å²) < 4.78 is 27.2. The average Bonchev–Trinajstić information content (AvgIpc) is 2.89. The molecule has 0 aromatic carbocycles. The molecule has 2 aromatic rings. The van der Waals surface area contributed by atoms with Crippen molar-refractivity contribution in [1.29, 1.82) is 0 Å². The third kappa shape index (κ3) is 3.52. The van der Waals surface area contributed by atoms with Crippen molar-refractivity contribution in [3.05, 3.63) is 47.5 Å². The van der Waals surface area contributed by atoms with Gasteiger partial charge in [0, 0.05) is 31.7 Å². The van der Waals surface area contributed by atoms with Crippen LogP contribution in [0.15, 0.2) is 35.5 Å². The molecule has 1 amide bonds. The zero-order valence-corrected chi connectivity index (χ0v) is 13.4. The van der Waals surface area contributed by atoms with Crippen LogP contribution in [0.5, 0.6) is 0 Å². The van der Waals surface area contributed by atoms with Crippen molar-refractivity contribution in [1.82, 2.24) is 19.6 Å². The van der Waals surface area contributed by atoms with Crippen molar-refractivity contribution < 1.29 is 13.2 Å². The van der Waals surface area contributed by atoms with Crippen LogP contribution in [0.3, 0.4) is 0 Å². The molecule has 8 heteroatoms. The van der Waals surface area contributed by atoms with Crippen molar-refractivity contribution in [2.45, 2.75) is 18.4 Å². The predicted molar refractivity (Wildman–Crippen MR) is 81.8 cm³/mol. The topological polar surface area (TPSA) is 93.1 Å². The molecule has 0 bridgehead atoms. The van der Waals surface area contributed by atoms with Crippen LogP contribution in [0.1, 0.15) is 21.7 Å². The Balaban J connectivity index is 2.11. The molecule has 0 atom stereocenters. The summed E-state index contributed by atoms with van der Waals surface area (Å²) in [6, 6.07) is 5.08. The molecule has 2 aromatic heterocycles. The Morgan fingerprint density at radius 1 is 1.36 bits per heavy atom. The van der Waals surface area contributed by atoms with Gasteiger partial charge in [-0.3, -0.25) is 9.78 Å². The fourth-order valence-electron chi connectivity index (χ4n) is 1.90. The molecule has 7 nitrogen and oxygen atoms in total. The molecule has 0 aliphatic rings. The van der Waals surface area contributed by atoms with Crippen LogP contribution < -0.4 is 10.0 Å². The molecule has 118 valence electrons. The van der Waals surface area contributed by atoms with Crippen LogP contribution in [-0.2, 0) is 23.6 Å². The van der Waals surface area contributed by atoms with Crippen molar-refractivity contribution in [3.63, 3.8) is 0 Å². The average molecular weight is 322 g/mol. The number of carbonyl (C=O) groups is 1. The molecule has 0 radical (unpaired) electrons. The first-order chi connectivity index (χ1) is 10.3. The molecular formula is C14H18N4O3S. The molecule has 0 unspecified atom stereocenters. The quantitative estimate of drug-likeness (QED) is 0.841. The van der Waals surface area contributed by atoms with E-state index in [1.807, 2.05) is 19.1 Å². The van der Waals surface area contributed by atoms with Gasteiger partial charge in [0.15, 0.2) is 0 Å². The fourth-order valence-corrected chi connectivity index (χ4v) is 2.70. The van der Waals surface area contributed by atoms with Gasteiger partial charge in [-0.05, 0) is 31.7 Å². The van der Waals surface area contributed by atoms with Gasteiger partial charge in [-0.15, -0.1) is 0 Å². The SMILES string of the molecule is CNS(=O)(=O)c1cc(C(=O)NCc2ccc(C)nc2)n(C)c1. The lowest BCUT2D eigenvalue weighted by Crippen LogP contribution is -2.24. The van der Waals surface area contributed by atoms with Gasteiger partial charge in [0.05, 0.1) is 0 Å². The molecule has 0 saturated carbocycles. The highest BCUT2D eigenvalue weighted by atomic mass is 32.2. The minimum atomic E-state index is -3.57. The van der Waals surface area contributed by atoms with E-state index in [2.05, 4.69) is 15.0 Å². The first-order valence-electron chi connectivity index (χ1n) is 6.63. The van der Waals surface area contributed by atoms with Gasteiger partial charge in [-0.1, -0.05) is 6.07 Å². The number of hydrogen-bond acceptors (Lipinski definition) is 4. The smallest absolute Gasteiger partial charge is 0.268 e. The van der Waals surface area contributed by atoms with E-state index in [9.17, 15) is 13.2 Å². The Morgan fingerprint density at radius 2 is 2.09 bits per heavy atom. The maximum absolute atomic E-state index is 12.2.